The molecule has 4 heterocycles. The van der Waals surface area contributed by atoms with Crippen LogP contribution in [0.4, 0.5) is 13.2 Å². The summed E-state index contributed by atoms with van der Waals surface area (Å²) in [6, 6.07) is 1.59. The zero-order valence-electron chi connectivity index (χ0n) is 18.7. The molecule has 4 aliphatic rings. The summed E-state index contributed by atoms with van der Waals surface area (Å²) < 4.78 is 50.6. The molecule has 1 aliphatic carbocycles. The maximum Gasteiger partial charge on any atom is 0.417 e. The standard InChI is InChI=1S/C23H30F3N3O3S/c1-31-19-13-32-6-3-18(19)28-16-9-20-22(10-16,4-7-33-20)21(30)29-5-2-17-14(12-29)8-15(11-27-17)23(24,25)26/h8,11,16,18-20,28H,2-7,9-10,12-13H2,1H3. The van der Waals surface area contributed by atoms with Crippen molar-refractivity contribution in [1.82, 2.24) is 15.2 Å². The van der Waals surface area contributed by atoms with Gasteiger partial charge in [-0.25, -0.2) is 0 Å². The number of ether oxygens (including phenoxy) is 2. The predicted octanol–water partition coefficient (Wildman–Crippen LogP) is 3.03. The van der Waals surface area contributed by atoms with Crippen LogP contribution < -0.4 is 5.32 Å². The van der Waals surface area contributed by atoms with E-state index in [0.717, 1.165) is 43.7 Å². The normalized spacial score (nSPS) is 34.2. The van der Waals surface area contributed by atoms with E-state index in [-0.39, 0.29) is 35.9 Å². The summed E-state index contributed by atoms with van der Waals surface area (Å²) in [5.41, 5.74) is -0.0149. The van der Waals surface area contributed by atoms with Gasteiger partial charge in [-0.3, -0.25) is 9.78 Å². The number of hydrogen-bond donors (Lipinski definition) is 1. The van der Waals surface area contributed by atoms with Crippen molar-refractivity contribution in [1.29, 1.82) is 0 Å². The SMILES string of the molecule is COC1COCCC1NC1CC2SCCC2(C(=O)N2CCc3ncc(C(F)(F)F)cc3C2)C1. The summed E-state index contributed by atoms with van der Waals surface area (Å²) in [6.07, 6.45) is 0.357. The van der Waals surface area contributed by atoms with E-state index < -0.39 is 17.2 Å². The number of halogens is 3. The van der Waals surface area contributed by atoms with Gasteiger partial charge in [0.15, 0.2) is 0 Å². The largest absolute Gasteiger partial charge is 0.417 e. The molecule has 3 aliphatic heterocycles. The third-order valence-electron chi connectivity index (χ3n) is 7.73. The van der Waals surface area contributed by atoms with Crippen LogP contribution >= 0.6 is 11.8 Å². The smallest absolute Gasteiger partial charge is 0.379 e. The van der Waals surface area contributed by atoms with Crippen molar-refractivity contribution in [2.75, 3.05) is 32.6 Å². The molecule has 5 unspecified atom stereocenters. The van der Waals surface area contributed by atoms with Crippen molar-refractivity contribution < 1.29 is 27.4 Å². The number of nitrogens with zero attached hydrogens (tertiary/aromatic N) is 2. The molecule has 1 aromatic rings. The van der Waals surface area contributed by atoms with Crippen LogP contribution in [0.5, 0.6) is 0 Å². The first-order valence-corrected chi connectivity index (χ1v) is 12.7. The van der Waals surface area contributed by atoms with Crippen molar-refractivity contribution in [3.05, 3.63) is 29.1 Å². The number of carbonyl (C=O) groups excluding carboxylic acids is 1. The van der Waals surface area contributed by atoms with E-state index in [0.29, 0.717) is 37.4 Å². The van der Waals surface area contributed by atoms with E-state index in [9.17, 15) is 18.0 Å². The number of thioether (sulfide) groups is 1. The van der Waals surface area contributed by atoms with Gasteiger partial charge in [0.25, 0.3) is 0 Å². The molecule has 1 N–H and O–H groups in total. The Hall–Kier alpha value is -1.36. The van der Waals surface area contributed by atoms with Gasteiger partial charge in [0.05, 0.1) is 23.7 Å². The van der Waals surface area contributed by atoms with Gasteiger partial charge in [-0.2, -0.15) is 24.9 Å². The van der Waals surface area contributed by atoms with Crippen LogP contribution in [-0.2, 0) is 33.4 Å². The molecule has 2 saturated heterocycles. The first-order chi connectivity index (χ1) is 15.8. The second kappa shape index (κ2) is 9.02. The molecule has 0 spiro atoms. The van der Waals surface area contributed by atoms with Gasteiger partial charge >= 0.3 is 6.18 Å². The molecule has 5 atom stereocenters. The molecule has 0 bridgehead atoms. The average Bonchev–Trinajstić information content (AvgIpc) is 3.35. The van der Waals surface area contributed by atoms with Gasteiger partial charge in [-0.05, 0) is 43.1 Å². The lowest BCUT2D eigenvalue weighted by Crippen LogP contribution is -2.51. The fourth-order valence-corrected chi connectivity index (χ4v) is 7.75. The Balaban J connectivity index is 1.31. The Kier molecular flexibility index (Phi) is 6.39. The first-order valence-electron chi connectivity index (χ1n) is 11.6. The molecular formula is C23H30F3N3O3S. The Morgan fingerprint density at radius 2 is 2.27 bits per heavy atom. The Labute approximate surface area is 196 Å². The summed E-state index contributed by atoms with van der Waals surface area (Å²) in [5.74, 6) is 1.05. The van der Waals surface area contributed by atoms with Crippen LogP contribution in [0.3, 0.4) is 0 Å². The van der Waals surface area contributed by atoms with E-state index in [1.165, 1.54) is 0 Å². The molecule has 1 aromatic heterocycles. The molecule has 1 amide bonds. The number of methoxy groups -OCH3 is 1. The van der Waals surface area contributed by atoms with Crippen molar-refractivity contribution in [3.63, 3.8) is 0 Å². The number of nitrogens with one attached hydrogen (secondary N) is 1. The van der Waals surface area contributed by atoms with Crippen molar-refractivity contribution >= 4 is 17.7 Å². The third kappa shape index (κ3) is 4.39. The molecule has 33 heavy (non-hydrogen) atoms. The number of rotatable bonds is 4. The summed E-state index contributed by atoms with van der Waals surface area (Å²) >= 11 is 1.86. The average molecular weight is 486 g/mol. The number of aromatic nitrogens is 1. The van der Waals surface area contributed by atoms with Crippen molar-refractivity contribution in [2.45, 2.75) is 68.3 Å². The lowest BCUT2D eigenvalue weighted by molar-refractivity contribution is -0.142. The highest BCUT2D eigenvalue weighted by Crippen LogP contribution is 2.55. The summed E-state index contributed by atoms with van der Waals surface area (Å²) in [7, 11) is 1.70. The minimum Gasteiger partial charge on any atom is -0.379 e. The Bertz CT molecular complexity index is 901. The zero-order chi connectivity index (χ0) is 23.2. The van der Waals surface area contributed by atoms with Crippen LogP contribution in [-0.4, -0.2) is 71.8 Å². The second-order valence-electron chi connectivity index (χ2n) is 9.62. The molecular weight excluding hydrogens is 455 g/mol. The summed E-state index contributed by atoms with van der Waals surface area (Å²) in [5, 5.41) is 3.99. The fraction of sp³-hybridized carbons (Fsp3) is 0.739. The molecule has 3 fully saturated rings. The molecule has 10 heteroatoms. The van der Waals surface area contributed by atoms with Crippen LogP contribution in [0.15, 0.2) is 12.3 Å². The Morgan fingerprint density at radius 1 is 1.42 bits per heavy atom. The van der Waals surface area contributed by atoms with Gasteiger partial charge in [-0.15, -0.1) is 0 Å². The topological polar surface area (TPSA) is 63.7 Å². The Morgan fingerprint density at radius 3 is 3.06 bits per heavy atom. The van der Waals surface area contributed by atoms with Crippen LogP contribution in [0.2, 0.25) is 0 Å². The maximum absolute atomic E-state index is 13.9. The van der Waals surface area contributed by atoms with Crippen LogP contribution in [0.1, 0.15) is 42.5 Å². The van der Waals surface area contributed by atoms with Crippen molar-refractivity contribution in [2.24, 2.45) is 5.41 Å². The molecule has 0 aromatic carbocycles. The number of alkyl halides is 3. The minimum absolute atomic E-state index is 0.00687. The minimum atomic E-state index is -4.44. The van der Waals surface area contributed by atoms with Crippen molar-refractivity contribution in [3.8, 4) is 0 Å². The van der Waals surface area contributed by atoms with Gasteiger partial charge in [0.1, 0.15) is 0 Å². The van der Waals surface area contributed by atoms with E-state index in [2.05, 4.69) is 10.3 Å². The molecule has 1 saturated carbocycles. The maximum atomic E-state index is 13.9. The fourth-order valence-electron chi connectivity index (χ4n) is 5.98. The first kappa shape index (κ1) is 23.4. The van der Waals surface area contributed by atoms with E-state index >= 15 is 0 Å². The van der Waals surface area contributed by atoms with Gasteiger partial charge < -0.3 is 19.7 Å². The number of fused-ring (bicyclic) bond motifs is 2. The van der Waals surface area contributed by atoms with Crippen LogP contribution in [0.25, 0.3) is 0 Å². The predicted molar refractivity (Wildman–Crippen MR) is 118 cm³/mol. The van der Waals surface area contributed by atoms with E-state index in [1.54, 1.807) is 12.0 Å². The number of pyridine rings is 1. The quantitative estimate of drug-likeness (QED) is 0.708. The van der Waals surface area contributed by atoms with Gasteiger partial charge in [0.2, 0.25) is 5.91 Å². The second-order valence-corrected chi connectivity index (χ2v) is 10.9. The lowest BCUT2D eigenvalue weighted by atomic mass is 9.80. The van der Waals surface area contributed by atoms with E-state index in [4.69, 9.17) is 9.47 Å². The number of hydrogen-bond acceptors (Lipinski definition) is 6. The van der Waals surface area contributed by atoms with E-state index in [1.807, 2.05) is 11.8 Å². The monoisotopic (exact) mass is 485 g/mol. The van der Waals surface area contributed by atoms with Gasteiger partial charge in [0, 0.05) is 62.5 Å². The van der Waals surface area contributed by atoms with Gasteiger partial charge in [-0.1, -0.05) is 0 Å². The highest BCUT2D eigenvalue weighted by atomic mass is 32.2. The summed E-state index contributed by atoms with van der Waals surface area (Å²) in [4.78, 5) is 19.7. The third-order valence-corrected chi connectivity index (χ3v) is 9.22. The zero-order valence-corrected chi connectivity index (χ0v) is 19.5. The molecule has 0 radical (unpaired) electrons. The highest BCUT2D eigenvalue weighted by molar-refractivity contribution is 8.00. The number of amides is 1. The molecule has 5 rings (SSSR count). The lowest BCUT2D eigenvalue weighted by Gasteiger charge is -2.37. The summed E-state index contributed by atoms with van der Waals surface area (Å²) in [6.45, 7) is 1.99. The van der Waals surface area contributed by atoms with Crippen LogP contribution in [0, 0.1) is 5.41 Å². The molecule has 6 nitrogen and oxygen atoms in total. The number of carbonyl (C=O) groups is 1. The highest BCUT2D eigenvalue weighted by Gasteiger charge is 2.57. The molecule has 182 valence electrons.